The quantitative estimate of drug-likeness (QED) is 0.676. The minimum absolute atomic E-state index is 0.000482. The third-order valence-electron chi connectivity index (χ3n) is 6.54. The normalized spacial score (nSPS) is 19.8. The molecular weight excluding hydrogens is 404 g/mol. The smallest absolute Gasteiger partial charge is 0.298 e. The number of amides is 2. The van der Waals surface area contributed by atoms with Crippen LogP contribution in [0.2, 0.25) is 0 Å². The van der Waals surface area contributed by atoms with Gasteiger partial charge in [-0.1, -0.05) is 30.3 Å². The Morgan fingerprint density at radius 2 is 1.66 bits per heavy atom. The Balaban J connectivity index is 1.16. The number of carbonyl (C=O) groups is 2. The molecule has 2 amide bonds. The molecule has 3 heterocycles. The summed E-state index contributed by atoms with van der Waals surface area (Å²) in [6.45, 7) is 2.73. The van der Waals surface area contributed by atoms with Crippen LogP contribution in [0.15, 0.2) is 59.0 Å². The number of oxazole rings is 1. The van der Waals surface area contributed by atoms with Crippen molar-refractivity contribution in [1.29, 1.82) is 0 Å². The van der Waals surface area contributed by atoms with Crippen LogP contribution in [-0.4, -0.2) is 47.9 Å². The van der Waals surface area contributed by atoms with Crippen LogP contribution in [0.4, 0.5) is 11.7 Å². The van der Waals surface area contributed by atoms with Crippen LogP contribution in [-0.2, 0) is 9.59 Å². The zero-order valence-electron chi connectivity index (χ0n) is 18.1. The molecule has 2 aromatic carbocycles. The monoisotopic (exact) mass is 432 g/mol. The molecule has 3 aromatic rings. The predicted octanol–water partition coefficient (Wildman–Crippen LogP) is 3.92. The van der Waals surface area contributed by atoms with Crippen molar-refractivity contribution in [3.63, 3.8) is 0 Å². The highest BCUT2D eigenvalue weighted by atomic mass is 16.4. The number of benzene rings is 2. The van der Waals surface area contributed by atoms with E-state index >= 15 is 0 Å². The van der Waals surface area contributed by atoms with E-state index in [0.29, 0.717) is 12.6 Å². The molecule has 2 fully saturated rings. The van der Waals surface area contributed by atoms with Gasteiger partial charge in [-0.25, -0.2) is 0 Å². The minimum atomic E-state index is -0.159. The first-order valence-corrected chi connectivity index (χ1v) is 11.4. The molecule has 0 saturated carbocycles. The SMILES string of the molecule is O=C(Nc1ccccc1)C1CCCN(C(=O)C2CCN(c3nc4ccccc4o3)CC2)C1. The number of hydrogen-bond acceptors (Lipinski definition) is 5. The van der Waals surface area contributed by atoms with Gasteiger partial charge < -0.3 is 19.5 Å². The maximum Gasteiger partial charge on any atom is 0.298 e. The second-order valence-electron chi connectivity index (χ2n) is 8.70. The fraction of sp³-hybridized carbons (Fsp3) is 0.400. The second kappa shape index (κ2) is 9.02. The van der Waals surface area contributed by atoms with Crippen LogP contribution < -0.4 is 10.2 Å². The number of para-hydroxylation sites is 3. The number of nitrogens with zero attached hydrogens (tertiary/aromatic N) is 3. The summed E-state index contributed by atoms with van der Waals surface area (Å²) in [5, 5.41) is 2.98. The molecule has 32 heavy (non-hydrogen) atoms. The van der Waals surface area contributed by atoms with E-state index in [4.69, 9.17) is 4.42 Å². The topological polar surface area (TPSA) is 78.7 Å². The molecule has 2 saturated heterocycles. The van der Waals surface area contributed by atoms with Crippen molar-refractivity contribution in [2.24, 2.45) is 11.8 Å². The summed E-state index contributed by atoms with van der Waals surface area (Å²) in [6, 6.07) is 17.9. The van der Waals surface area contributed by atoms with Crippen LogP contribution in [0.5, 0.6) is 0 Å². The highest BCUT2D eigenvalue weighted by Gasteiger charge is 2.34. The van der Waals surface area contributed by atoms with Crippen LogP contribution in [0.1, 0.15) is 25.7 Å². The molecule has 0 radical (unpaired) electrons. The van der Waals surface area contributed by atoms with Crippen molar-refractivity contribution in [3.05, 3.63) is 54.6 Å². The van der Waals surface area contributed by atoms with Crippen molar-refractivity contribution >= 4 is 34.6 Å². The van der Waals surface area contributed by atoms with Gasteiger partial charge in [-0.05, 0) is 49.9 Å². The van der Waals surface area contributed by atoms with E-state index in [2.05, 4.69) is 15.2 Å². The van der Waals surface area contributed by atoms with E-state index in [1.807, 2.05) is 59.5 Å². The molecule has 1 N–H and O–H groups in total. The Bertz CT molecular complexity index is 1060. The van der Waals surface area contributed by atoms with E-state index in [-0.39, 0.29) is 23.7 Å². The van der Waals surface area contributed by atoms with Gasteiger partial charge in [0.1, 0.15) is 5.52 Å². The number of nitrogens with one attached hydrogen (secondary N) is 1. The van der Waals surface area contributed by atoms with Crippen molar-refractivity contribution < 1.29 is 14.0 Å². The number of fused-ring (bicyclic) bond motifs is 1. The average molecular weight is 433 g/mol. The van der Waals surface area contributed by atoms with Crippen molar-refractivity contribution in [3.8, 4) is 0 Å². The molecule has 7 nitrogen and oxygen atoms in total. The molecule has 0 bridgehead atoms. The van der Waals surface area contributed by atoms with Crippen molar-refractivity contribution in [2.75, 3.05) is 36.4 Å². The number of anilines is 2. The number of rotatable bonds is 4. The Kier molecular flexibility index (Phi) is 5.79. The lowest BCUT2D eigenvalue weighted by Crippen LogP contribution is -2.48. The van der Waals surface area contributed by atoms with E-state index in [1.165, 1.54) is 0 Å². The van der Waals surface area contributed by atoms with Gasteiger partial charge in [0.25, 0.3) is 6.01 Å². The number of piperidine rings is 2. The summed E-state index contributed by atoms with van der Waals surface area (Å²) in [6.07, 6.45) is 3.23. The number of carbonyl (C=O) groups excluding carboxylic acids is 2. The second-order valence-corrected chi connectivity index (χ2v) is 8.70. The maximum absolute atomic E-state index is 13.2. The fourth-order valence-corrected chi connectivity index (χ4v) is 4.73. The van der Waals surface area contributed by atoms with E-state index < -0.39 is 0 Å². The zero-order chi connectivity index (χ0) is 21.9. The van der Waals surface area contributed by atoms with Crippen LogP contribution in [0.3, 0.4) is 0 Å². The largest absolute Gasteiger partial charge is 0.423 e. The highest BCUT2D eigenvalue weighted by molar-refractivity contribution is 5.93. The zero-order valence-corrected chi connectivity index (χ0v) is 18.1. The Hall–Kier alpha value is -3.35. The molecule has 0 aliphatic carbocycles. The minimum Gasteiger partial charge on any atom is -0.423 e. The summed E-state index contributed by atoms with van der Waals surface area (Å²) in [5.74, 6) is 0.0122. The van der Waals surface area contributed by atoms with Gasteiger partial charge in [-0.15, -0.1) is 0 Å². The van der Waals surface area contributed by atoms with Crippen molar-refractivity contribution in [2.45, 2.75) is 25.7 Å². The molecular formula is C25H28N4O3. The summed E-state index contributed by atoms with van der Waals surface area (Å²) in [7, 11) is 0. The molecule has 0 spiro atoms. The molecule has 1 unspecified atom stereocenters. The first-order chi connectivity index (χ1) is 15.7. The average Bonchev–Trinajstić information content (AvgIpc) is 3.29. The number of likely N-dealkylation sites (tertiary alicyclic amines) is 1. The maximum atomic E-state index is 13.2. The lowest BCUT2D eigenvalue weighted by Gasteiger charge is -2.37. The van der Waals surface area contributed by atoms with Crippen molar-refractivity contribution in [1.82, 2.24) is 9.88 Å². The van der Waals surface area contributed by atoms with Gasteiger partial charge in [0.15, 0.2) is 5.58 Å². The van der Waals surface area contributed by atoms with Gasteiger partial charge >= 0.3 is 0 Å². The summed E-state index contributed by atoms with van der Waals surface area (Å²) >= 11 is 0. The lowest BCUT2D eigenvalue weighted by molar-refractivity contribution is -0.139. The first-order valence-electron chi connectivity index (χ1n) is 11.4. The molecule has 2 aliphatic rings. The van der Waals surface area contributed by atoms with Gasteiger partial charge in [-0.3, -0.25) is 9.59 Å². The predicted molar refractivity (Wildman–Crippen MR) is 123 cm³/mol. The third-order valence-corrected chi connectivity index (χ3v) is 6.54. The van der Waals surface area contributed by atoms with Gasteiger partial charge in [-0.2, -0.15) is 4.98 Å². The molecule has 2 aliphatic heterocycles. The Morgan fingerprint density at radius 1 is 0.906 bits per heavy atom. The van der Waals surface area contributed by atoms with E-state index in [0.717, 1.165) is 62.1 Å². The first kappa shape index (κ1) is 20.5. The summed E-state index contributed by atoms with van der Waals surface area (Å²) in [5.41, 5.74) is 2.44. The fourth-order valence-electron chi connectivity index (χ4n) is 4.73. The van der Waals surface area contributed by atoms with E-state index in [9.17, 15) is 9.59 Å². The lowest BCUT2D eigenvalue weighted by atomic mass is 9.92. The molecule has 1 aromatic heterocycles. The highest BCUT2D eigenvalue weighted by Crippen LogP contribution is 2.28. The third kappa shape index (κ3) is 4.33. The standard InChI is InChI=1S/C25H28N4O3/c30-23(26-20-8-2-1-3-9-20)19-7-6-14-29(17-19)24(31)18-12-15-28(16-13-18)25-27-21-10-4-5-11-22(21)32-25/h1-5,8-11,18-19H,6-7,12-17H2,(H,26,30). The van der Waals surface area contributed by atoms with Gasteiger partial charge in [0.2, 0.25) is 11.8 Å². The van der Waals surface area contributed by atoms with Crippen LogP contribution in [0, 0.1) is 11.8 Å². The van der Waals surface area contributed by atoms with Gasteiger partial charge in [0, 0.05) is 37.8 Å². The molecule has 7 heteroatoms. The summed E-state index contributed by atoms with van der Waals surface area (Å²) < 4.78 is 5.88. The van der Waals surface area contributed by atoms with E-state index in [1.54, 1.807) is 0 Å². The number of hydrogen-bond donors (Lipinski definition) is 1. The van der Waals surface area contributed by atoms with Crippen LogP contribution >= 0.6 is 0 Å². The van der Waals surface area contributed by atoms with Crippen LogP contribution in [0.25, 0.3) is 11.1 Å². The van der Waals surface area contributed by atoms with Gasteiger partial charge in [0.05, 0.1) is 5.92 Å². The molecule has 1 atom stereocenters. The Labute approximate surface area is 187 Å². The molecule has 166 valence electrons. The number of aromatic nitrogens is 1. The summed E-state index contributed by atoms with van der Waals surface area (Å²) in [4.78, 5) is 34.5. The Morgan fingerprint density at radius 3 is 2.44 bits per heavy atom. The molecule has 5 rings (SSSR count).